The molecule has 0 aliphatic rings. The summed E-state index contributed by atoms with van der Waals surface area (Å²) in [5.74, 6) is 0.238. The maximum absolute atomic E-state index is 13.7. The van der Waals surface area contributed by atoms with Crippen LogP contribution in [0.2, 0.25) is 0 Å². The SMILES string of the molecule is COc1ccc(S(=O)(=O)N(CC(C)C)CC(O)C(Cc2ccccc2)NC(=O)c2cc(N(C)C)ccc2C)cc1. The molecule has 0 saturated heterocycles. The molecule has 3 aromatic carbocycles. The molecule has 2 unspecified atom stereocenters. The number of rotatable bonds is 13. The molecule has 0 aromatic heterocycles. The zero-order valence-corrected chi connectivity index (χ0v) is 25.0. The molecule has 0 radical (unpaired) electrons. The summed E-state index contributed by atoms with van der Waals surface area (Å²) < 4.78 is 33.8. The van der Waals surface area contributed by atoms with E-state index in [0.717, 1.165) is 16.8 Å². The van der Waals surface area contributed by atoms with Crippen LogP contribution in [0.3, 0.4) is 0 Å². The maximum Gasteiger partial charge on any atom is 0.251 e. The number of aryl methyl sites for hydroxylation is 1. The number of aliphatic hydroxyl groups excluding tert-OH is 1. The predicted molar refractivity (Wildman–Crippen MR) is 160 cm³/mol. The van der Waals surface area contributed by atoms with Gasteiger partial charge in [-0.1, -0.05) is 50.2 Å². The van der Waals surface area contributed by atoms with Crippen molar-refractivity contribution in [3.05, 3.63) is 89.5 Å². The van der Waals surface area contributed by atoms with Crippen LogP contribution in [-0.4, -0.2) is 70.2 Å². The topological polar surface area (TPSA) is 99.2 Å². The second kappa shape index (κ2) is 13.8. The number of amides is 1. The fourth-order valence-electron chi connectivity index (χ4n) is 4.44. The Morgan fingerprint density at radius 2 is 1.62 bits per heavy atom. The molecule has 216 valence electrons. The average Bonchev–Trinajstić information content (AvgIpc) is 2.92. The first kappa shape index (κ1) is 31.1. The van der Waals surface area contributed by atoms with Crippen LogP contribution in [0.25, 0.3) is 0 Å². The van der Waals surface area contributed by atoms with E-state index in [0.29, 0.717) is 17.7 Å². The minimum Gasteiger partial charge on any atom is -0.497 e. The summed E-state index contributed by atoms with van der Waals surface area (Å²) in [4.78, 5) is 15.5. The van der Waals surface area contributed by atoms with Crippen molar-refractivity contribution in [3.63, 3.8) is 0 Å². The first-order valence-corrected chi connectivity index (χ1v) is 14.8. The Morgan fingerprint density at radius 1 is 0.975 bits per heavy atom. The highest BCUT2D eigenvalue weighted by molar-refractivity contribution is 7.89. The molecule has 9 heteroatoms. The quantitative estimate of drug-likeness (QED) is 0.323. The van der Waals surface area contributed by atoms with Crippen LogP contribution >= 0.6 is 0 Å². The van der Waals surface area contributed by atoms with E-state index in [9.17, 15) is 18.3 Å². The smallest absolute Gasteiger partial charge is 0.251 e. The van der Waals surface area contributed by atoms with E-state index in [2.05, 4.69) is 5.32 Å². The van der Waals surface area contributed by atoms with Crippen LogP contribution < -0.4 is 15.0 Å². The number of nitrogens with one attached hydrogen (secondary N) is 1. The maximum atomic E-state index is 13.7. The number of anilines is 1. The molecule has 3 aromatic rings. The Hall–Kier alpha value is -3.40. The molecule has 1 amide bonds. The van der Waals surface area contributed by atoms with E-state index in [4.69, 9.17) is 4.74 Å². The monoisotopic (exact) mass is 567 g/mol. The van der Waals surface area contributed by atoms with Crippen molar-refractivity contribution in [2.45, 2.75) is 44.2 Å². The second-order valence-corrected chi connectivity index (χ2v) is 12.6. The van der Waals surface area contributed by atoms with Gasteiger partial charge in [0, 0.05) is 38.4 Å². The van der Waals surface area contributed by atoms with Gasteiger partial charge in [-0.2, -0.15) is 4.31 Å². The van der Waals surface area contributed by atoms with Crippen molar-refractivity contribution in [2.75, 3.05) is 39.2 Å². The van der Waals surface area contributed by atoms with Crippen LogP contribution in [0.4, 0.5) is 5.69 Å². The van der Waals surface area contributed by atoms with Gasteiger partial charge >= 0.3 is 0 Å². The lowest BCUT2D eigenvalue weighted by atomic mass is 9.99. The summed E-state index contributed by atoms with van der Waals surface area (Å²) >= 11 is 0. The van der Waals surface area contributed by atoms with Crippen LogP contribution in [0, 0.1) is 12.8 Å². The lowest BCUT2D eigenvalue weighted by Crippen LogP contribution is -2.51. The minimum absolute atomic E-state index is 0.0128. The lowest BCUT2D eigenvalue weighted by Gasteiger charge is -2.31. The van der Waals surface area contributed by atoms with Gasteiger partial charge in [-0.05, 0) is 66.8 Å². The Balaban J connectivity index is 1.92. The van der Waals surface area contributed by atoms with Crippen molar-refractivity contribution >= 4 is 21.6 Å². The fourth-order valence-corrected chi connectivity index (χ4v) is 6.06. The number of methoxy groups -OCH3 is 1. The summed E-state index contributed by atoms with van der Waals surface area (Å²) in [6, 6.07) is 20.6. The van der Waals surface area contributed by atoms with Crippen molar-refractivity contribution in [3.8, 4) is 5.75 Å². The fraction of sp³-hybridized carbons (Fsp3) is 0.387. The largest absolute Gasteiger partial charge is 0.497 e. The summed E-state index contributed by atoms with van der Waals surface area (Å²) in [6.07, 6.45) is -0.841. The summed E-state index contributed by atoms with van der Waals surface area (Å²) in [6.45, 7) is 5.74. The standard InChI is InChI=1S/C31H41N3O5S/c1-22(2)20-34(40(37,38)27-16-14-26(39-6)15-17-27)21-30(35)29(18-24-10-8-7-9-11-24)32-31(36)28-19-25(33(4)5)13-12-23(28)3/h7-17,19,22,29-30,35H,18,20-21H2,1-6H3,(H,32,36). The minimum atomic E-state index is -3.93. The van der Waals surface area contributed by atoms with Gasteiger partial charge in [-0.15, -0.1) is 0 Å². The number of ether oxygens (including phenoxy) is 1. The third-order valence-electron chi connectivity index (χ3n) is 6.72. The zero-order valence-electron chi connectivity index (χ0n) is 24.2. The second-order valence-electron chi connectivity index (χ2n) is 10.6. The molecule has 0 fully saturated rings. The Labute approximate surface area is 238 Å². The van der Waals surface area contributed by atoms with Crippen molar-refractivity contribution in [2.24, 2.45) is 5.92 Å². The first-order valence-electron chi connectivity index (χ1n) is 13.4. The number of sulfonamides is 1. The number of hydrogen-bond acceptors (Lipinski definition) is 6. The van der Waals surface area contributed by atoms with Crippen LogP contribution in [0.15, 0.2) is 77.7 Å². The van der Waals surface area contributed by atoms with E-state index >= 15 is 0 Å². The van der Waals surface area contributed by atoms with Crippen LogP contribution in [0.5, 0.6) is 5.75 Å². The molecule has 2 atom stereocenters. The highest BCUT2D eigenvalue weighted by atomic mass is 32.2. The summed E-state index contributed by atoms with van der Waals surface area (Å²) in [5, 5.41) is 14.5. The van der Waals surface area contributed by atoms with Crippen molar-refractivity contribution in [1.29, 1.82) is 0 Å². The van der Waals surface area contributed by atoms with Gasteiger partial charge in [0.1, 0.15) is 5.75 Å². The van der Waals surface area contributed by atoms with Crippen molar-refractivity contribution < 1.29 is 23.1 Å². The van der Waals surface area contributed by atoms with Gasteiger partial charge in [-0.3, -0.25) is 4.79 Å². The van der Waals surface area contributed by atoms with Gasteiger partial charge in [0.25, 0.3) is 5.91 Å². The lowest BCUT2D eigenvalue weighted by molar-refractivity contribution is 0.0775. The van der Waals surface area contributed by atoms with Crippen molar-refractivity contribution in [1.82, 2.24) is 9.62 Å². The molecule has 0 saturated carbocycles. The highest BCUT2D eigenvalue weighted by Gasteiger charge is 2.31. The van der Waals surface area contributed by atoms with E-state index < -0.39 is 22.2 Å². The number of nitrogens with zero attached hydrogens (tertiary/aromatic N) is 2. The molecule has 8 nitrogen and oxygen atoms in total. The van der Waals surface area contributed by atoms with E-state index in [1.54, 1.807) is 12.1 Å². The molecular formula is C31H41N3O5S. The van der Waals surface area contributed by atoms with E-state index in [1.165, 1.54) is 23.5 Å². The summed E-state index contributed by atoms with van der Waals surface area (Å²) in [7, 11) is 1.40. The highest BCUT2D eigenvalue weighted by Crippen LogP contribution is 2.22. The average molecular weight is 568 g/mol. The summed E-state index contributed by atoms with van der Waals surface area (Å²) in [5.41, 5.74) is 3.10. The Kier molecular flexibility index (Phi) is 10.7. The predicted octanol–water partition coefficient (Wildman–Crippen LogP) is 4.12. The molecule has 0 aliphatic carbocycles. The molecule has 3 rings (SSSR count). The third kappa shape index (κ3) is 8.06. The van der Waals surface area contributed by atoms with Gasteiger partial charge in [0.15, 0.2) is 0 Å². The Morgan fingerprint density at radius 3 is 2.20 bits per heavy atom. The Bertz CT molecular complexity index is 1360. The molecule has 2 N–H and O–H groups in total. The molecule has 0 heterocycles. The number of aliphatic hydroxyl groups is 1. The van der Waals surface area contributed by atoms with Gasteiger partial charge in [-0.25, -0.2) is 8.42 Å². The molecule has 0 spiro atoms. The number of hydrogen-bond donors (Lipinski definition) is 2. The van der Waals surface area contributed by atoms with Gasteiger partial charge in [0.2, 0.25) is 10.0 Å². The van der Waals surface area contributed by atoms with Crippen LogP contribution in [0.1, 0.15) is 35.3 Å². The third-order valence-corrected chi connectivity index (χ3v) is 8.56. The van der Waals surface area contributed by atoms with Gasteiger partial charge in [0.05, 0.1) is 24.2 Å². The zero-order chi connectivity index (χ0) is 29.4. The van der Waals surface area contributed by atoms with E-state index in [-0.39, 0.29) is 29.8 Å². The van der Waals surface area contributed by atoms with Crippen LogP contribution in [-0.2, 0) is 16.4 Å². The molecule has 40 heavy (non-hydrogen) atoms. The number of carbonyl (C=O) groups is 1. The molecular weight excluding hydrogens is 526 g/mol. The van der Waals surface area contributed by atoms with E-state index in [1.807, 2.05) is 88.3 Å². The molecule has 0 aliphatic heterocycles. The molecule has 0 bridgehead atoms. The first-order chi connectivity index (χ1) is 18.9. The number of carbonyl (C=O) groups excluding carboxylic acids is 1. The van der Waals surface area contributed by atoms with Gasteiger partial charge < -0.3 is 20.1 Å². The number of benzene rings is 3. The normalized spacial score (nSPS) is 13.2.